The Morgan fingerprint density at radius 3 is 1.88 bits per heavy atom. The van der Waals surface area contributed by atoms with Crippen LogP contribution in [0.15, 0.2) is 48.5 Å². The van der Waals surface area contributed by atoms with Crippen LogP contribution < -0.4 is 10.5 Å². The van der Waals surface area contributed by atoms with Crippen molar-refractivity contribution in [1.82, 2.24) is 0 Å². The van der Waals surface area contributed by atoms with E-state index in [1.54, 1.807) is 0 Å². The first-order valence-electron chi connectivity index (χ1n) is 5.40. The lowest BCUT2D eigenvalue weighted by Crippen LogP contribution is -2.47. The third-order valence-electron chi connectivity index (χ3n) is 2.47. The molecule has 2 aromatic rings. The highest BCUT2D eigenvalue weighted by Crippen LogP contribution is 2.21. The highest BCUT2D eigenvalue weighted by Gasteiger charge is 1.97. The predicted octanol–water partition coefficient (Wildman–Crippen LogP) is 2.53. The molecule has 0 aliphatic heterocycles. The molecule has 0 amide bonds. The number of ether oxygens (including phenoxy) is 1. The van der Waals surface area contributed by atoms with Crippen LogP contribution in [0.25, 0.3) is 0 Å². The first kappa shape index (κ1) is 10.7. The van der Waals surface area contributed by atoms with Crippen LogP contribution in [0.3, 0.4) is 0 Å². The minimum atomic E-state index is 0.810. The average Bonchev–Trinajstić information content (AvgIpc) is 2.33. The fourth-order valence-corrected chi connectivity index (χ4v) is 1.47. The molecule has 2 nitrogen and oxygen atoms in total. The molecule has 2 heteroatoms. The Kier molecular flexibility index (Phi) is 3.22. The molecule has 0 fully saturated rings. The summed E-state index contributed by atoms with van der Waals surface area (Å²) in [6.07, 6.45) is 0. The molecule has 0 aromatic heterocycles. The van der Waals surface area contributed by atoms with Crippen molar-refractivity contribution in [1.29, 1.82) is 0 Å². The Morgan fingerprint density at radius 2 is 1.38 bits per heavy atom. The smallest absolute Gasteiger partial charge is 0.127 e. The van der Waals surface area contributed by atoms with Gasteiger partial charge in [0, 0.05) is 5.56 Å². The zero-order valence-corrected chi connectivity index (χ0v) is 9.44. The Hall–Kier alpha value is -1.80. The molecule has 0 unspecified atom stereocenters. The van der Waals surface area contributed by atoms with Crippen molar-refractivity contribution in [2.24, 2.45) is 0 Å². The Morgan fingerprint density at radius 1 is 0.875 bits per heavy atom. The molecule has 3 N–H and O–H groups in total. The van der Waals surface area contributed by atoms with E-state index < -0.39 is 0 Å². The Balaban J connectivity index is 2.11. The van der Waals surface area contributed by atoms with Gasteiger partial charge >= 0.3 is 0 Å². The lowest BCUT2D eigenvalue weighted by atomic mass is 10.2. The molecule has 82 valence electrons. The van der Waals surface area contributed by atoms with Gasteiger partial charge in [-0.25, -0.2) is 0 Å². The van der Waals surface area contributed by atoms with E-state index in [0.717, 1.165) is 18.0 Å². The van der Waals surface area contributed by atoms with Gasteiger partial charge in [-0.3, -0.25) is 0 Å². The summed E-state index contributed by atoms with van der Waals surface area (Å²) < 4.78 is 5.71. The minimum absolute atomic E-state index is 0.810. The second-order valence-corrected chi connectivity index (χ2v) is 3.81. The zero-order chi connectivity index (χ0) is 11.4. The van der Waals surface area contributed by atoms with Gasteiger partial charge in [0.15, 0.2) is 0 Å². The molecule has 0 bridgehead atoms. The van der Waals surface area contributed by atoms with Crippen molar-refractivity contribution in [3.63, 3.8) is 0 Å². The predicted molar refractivity (Wildman–Crippen MR) is 64.3 cm³/mol. The molecule has 2 rings (SSSR count). The fraction of sp³-hybridized carbons (Fsp3) is 0.143. The van der Waals surface area contributed by atoms with Gasteiger partial charge in [-0.1, -0.05) is 17.7 Å². The van der Waals surface area contributed by atoms with Gasteiger partial charge < -0.3 is 10.5 Å². The molecule has 0 aliphatic carbocycles. The van der Waals surface area contributed by atoms with Crippen molar-refractivity contribution in [2.45, 2.75) is 13.5 Å². The van der Waals surface area contributed by atoms with Crippen LogP contribution in [0.1, 0.15) is 11.1 Å². The standard InChI is InChI=1S/C14H15NO/c1-11-2-6-13(7-3-11)16-14-8-4-12(10-15)5-9-14/h2-9H,10,15H2,1H3/p+1. The van der Waals surface area contributed by atoms with Crippen molar-refractivity contribution < 1.29 is 10.5 Å². The first-order valence-corrected chi connectivity index (χ1v) is 5.40. The van der Waals surface area contributed by atoms with Gasteiger partial charge in [-0.05, 0) is 43.3 Å². The van der Waals surface area contributed by atoms with Gasteiger partial charge in [0.25, 0.3) is 0 Å². The van der Waals surface area contributed by atoms with Crippen LogP contribution in [-0.2, 0) is 6.54 Å². The maximum atomic E-state index is 5.71. The van der Waals surface area contributed by atoms with E-state index in [2.05, 4.69) is 12.7 Å². The van der Waals surface area contributed by atoms with E-state index in [1.807, 2.05) is 48.5 Å². The fourth-order valence-electron chi connectivity index (χ4n) is 1.47. The van der Waals surface area contributed by atoms with Crippen molar-refractivity contribution >= 4 is 0 Å². The molecule has 0 aliphatic rings. The number of benzene rings is 2. The number of quaternary nitrogens is 1. The third kappa shape index (κ3) is 2.61. The van der Waals surface area contributed by atoms with Gasteiger partial charge in [-0.15, -0.1) is 0 Å². The van der Waals surface area contributed by atoms with E-state index in [4.69, 9.17) is 4.74 Å². The van der Waals surface area contributed by atoms with Crippen molar-refractivity contribution in [3.8, 4) is 11.5 Å². The lowest BCUT2D eigenvalue weighted by molar-refractivity contribution is -0.386. The topological polar surface area (TPSA) is 36.9 Å². The van der Waals surface area contributed by atoms with Crippen LogP contribution in [0.2, 0.25) is 0 Å². The average molecular weight is 214 g/mol. The van der Waals surface area contributed by atoms with Crippen LogP contribution in [0.5, 0.6) is 11.5 Å². The van der Waals surface area contributed by atoms with Gasteiger partial charge in [0.05, 0.1) is 6.54 Å². The van der Waals surface area contributed by atoms with Crippen molar-refractivity contribution in [3.05, 3.63) is 59.7 Å². The Labute approximate surface area is 95.7 Å². The molecule has 0 heterocycles. The molecule has 0 atom stereocenters. The molecular weight excluding hydrogens is 198 g/mol. The van der Waals surface area contributed by atoms with Gasteiger partial charge in [0.1, 0.15) is 11.5 Å². The van der Waals surface area contributed by atoms with Crippen LogP contribution in [-0.4, -0.2) is 0 Å². The maximum Gasteiger partial charge on any atom is 0.127 e. The summed E-state index contributed by atoms with van der Waals surface area (Å²) in [5.74, 6) is 1.73. The van der Waals surface area contributed by atoms with E-state index in [-0.39, 0.29) is 0 Å². The summed E-state index contributed by atoms with van der Waals surface area (Å²) >= 11 is 0. The second kappa shape index (κ2) is 4.81. The quantitative estimate of drug-likeness (QED) is 0.837. The largest absolute Gasteiger partial charge is 0.457 e. The lowest BCUT2D eigenvalue weighted by Gasteiger charge is -2.06. The summed E-state index contributed by atoms with van der Waals surface area (Å²) in [6, 6.07) is 16.1. The molecule has 2 aromatic carbocycles. The first-order chi connectivity index (χ1) is 7.78. The maximum absolute atomic E-state index is 5.71. The van der Waals surface area contributed by atoms with Crippen molar-refractivity contribution in [2.75, 3.05) is 0 Å². The third-order valence-corrected chi connectivity index (χ3v) is 2.47. The Bertz CT molecular complexity index is 445. The summed E-state index contributed by atoms with van der Waals surface area (Å²) in [6.45, 7) is 2.87. The number of hydrogen-bond donors (Lipinski definition) is 1. The van der Waals surface area contributed by atoms with Crippen LogP contribution >= 0.6 is 0 Å². The van der Waals surface area contributed by atoms with Crippen LogP contribution in [0, 0.1) is 6.92 Å². The van der Waals surface area contributed by atoms with Gasteiger partial charge in [-0.2, -0.15) is 0 Å². The minimum Gasteiger partial charge on any atom is -0.457 e. The van der Waals surface area contributed by atoms with E-state index in [1.165, 1.54) is 11.1 Å². The summed E-state index contributed by atoms with van der Waals surface area (Å²) in [5, 5.41) is 0. The second-order valence-electron chi connectivity index (χ2n) is 3.81. The van der Waals surface area contributed by atoms with Gasteiger partial charge in [0.2, 0.25) is 0 Å². The summed E-state index contributed by atoms with van der Waals surface area (Å²) in [5.41, 5.74) is 6.29. The SMILES string of the molecule is Cc1ccc(Oc2ccc(C[NH3+])cc2)cc1. The zero-order valence-electron chi connectivity index (χ0n) is 9.44. The normalized spacial score (nSPS) is 10.1. The summed E-state index contributed by atoms with van der Waals surface area (Å²) in [7, 11) is 0. The number of hydrogen-bond acceptors (Lipinski definition) is 1. The molecule has 0 radical (unpaired) electrons. The van der Waals surface area contributed by atoms with E-state index in [9.17, 15) is 0 Å². The number of rotatable bonds is 3. The molecule has 0 saturated heterocycles. The van der Waals surface area contributed by atoms with E-state index >= 15 is 0 Å². The monoisotopic (exact) mass is 214 g/mol. The number of aryl methyl sites for hydroxylation is 1. The highest BCUT2D eigenvalue weighted by molar-refractivity contribution is 5.34. The van der Waals surface area contributed by atoms with E-state index in [0.29, 0.717) is 0 Å². The molecule has 0 saturated carbocycles. The molecule has 0 spiro atoms. The molecular formula is C14H16NO+. The highest BCUT2D eigenvalue weighted by atomic mass is 16.5. The summed E-state index contributed by atoms with van der Waals surface area (Å²) in [4.78, 5) is 0. The molecule has 16 heavy (non-hydrogen) atoms. The van der Waals surface area contributed by atoms with Crippen LogP contribution in [0.4, 0.5) is 0 Å².